The van der Waals surface area contributed by atoms with Crippen LogP contribution in [0.5, 0.6) is 5.75 Å². The first-order chi connectivity index (χ1) is 18.0. The summed E-state index contributed by atoms with van der Waals surface area (Å²) in [4.78, 5) is 43.1. The summed E-state index contributed by atoms with van der Waals surface area (Å²) in [5.74, 6) is 0.455. The maximum Gasteiger partial charge on any atom is 0.275 e. The van der Waals surface area contributed by atoms with Crippen molar-refractivity contribution in [2.45, 2.75) is 37.8 Å². The molecule has 1 fully saturated rings. The molecule has 1 aromatic heterocycles. The van der Waals surface area contributed by atoms with Gasteiger partial charge in [0.05, 0.1) is 31.3 Å². The molecule has 2 aliphatic heterocycles. The van der Waals surface area contributed by atoms with Gasteiger partial charge in [0.15, 0.2) is 5.60 Å². The molecule has 0 radical (unpaired) electrons. The highest BCUT2D eigenvalue weighted by Crippen LogP contribution is 2.29. The summed E-state index contributed by atoms with van der Waals surface area (Å²) in [6.07, 6.45) is 4.58. The number of carbonyl (C=O) groups is 2. The third-order valence-electron chi connectivity index (χ3n) is 7.26. The number of benzene rings is 2. The van der Waals surface area contributed by atoms with E-state index in [9.17, 15) is 14.4 Å². The molecule has 1 atom stereocenters. The van der Waals surface area contributed by atoms with Crippen LogP contribution in [0.2, 0.25) is 0 Å². The van der Waals surface area contributed by atoms with Crippen molar-refractivity contribution in [3.05, 3.63) is 70.6 Å². The minimum Gasteiger partial charge on any atom is -0.491 e. The number of para-hydroxylation sites is 1. The van der Waals surface area contributed by atoms with E-state index in [0.29, 0.717) is 31.5 Å². The van der Waals surface area contributed by atoms with Crippen molar-refractivity contribution in [1.82, 2.24) is 19.6 Å². The molecule has 0 saturated carbocycles. The van der Waals surface area contributed by atoms with Gasteiger partial charge in [0.1, 0.15) is 18.9 Å². The minimum atomic E-state index is -1.12. The molecule has 1 saturated heterocycles. The van der Waals surface area contributed by atoms with Crippen molar-refractivity contribution in [2.75, 3.05) is 39.9 Å². The monoisotopic (exact) mass is 504 g/mol. The van der Waals surface area contributed by atoms with Crippen molar-refractivity contribution in [2.24, 2.45) is 0 Å². The summed E-state index contributed by atoms with van der Waals surface area (Å²) in [7, 11) is 1.74. The van der Waals surface area contributed by atoms with Crippen molar-refractivity contribution in [1.29, 1.82) is 0 Å². The first-order valence-electron chi connectivity index (χ1n) is 12.8. The zero-order valence-electron chi connectivity index (χ0n) is 21.1. The third kappa shape index (κ3) is 5.22. The number of carbonyl (C=O) groups excluding carboxylic acids is 2. The second-order valence-corrected chi connectivity index (χ2v) is 9.74. The fourth-order valence-electron chi connectivity index (χ4n) is 5.17. The Labute approximate surface area is 215 Å². The number of likely N-dealkylation sites (N-methyl/N-ethyl adjacent to an activating group) is 1. The number of fused-ring (bicyclic) bond motifs is 2. The third-order valence-corrected chi connectivity index (χ3v) is 7.26. The smallest absolute Gasteiger partial charge is 0.275 e. The summed E-state index contributed by atoms with van der Waals surface area (Å²) in [6, 6.07) is 15.2. The van der Waals surface area contributed by atoms with Crippen LogP contribution in [0.25, 0.3) is 10.8 Å². The molecule has 2 amide bonds. The van der Waals surface area contributed by atoms with Crippen LogP contribution in [-0.4, -0.2) is 76.9 Å². The predicted octanol–water partition coefficient (Wildman–Crippen LogP) is 2.26. The van der Waals surface area contributed by atoms with E-state index < -0.39 is 5.60 Å². The Morgan fingerprint density at radius 2 is 1.84 bits per heavy atom. The molecule has 2 aliphatic rings. The second kappa shape index (κ2) is 10.7. The average molecular weight is 505 g/mol. The Morgan fingerprint density at radius 1 is 1.03 bits per heavy atom. The predicted molar refractivity (Wildman–Crippen MR) is 138 cm³/mol. The summed E-state index contributed by atoms with van der Waals surface area (Å²) in [6.45, 7) is 1.35. The van der Waals surface area contributed by atoms with E-state index in [1.165, 1.54) is 4.68 Å². The van der Waals surface area contributed by atoms with Gasteiger partial charge in [-0.1, -0.05) is 36.4 Å². The number of amides is 2. The van der Waals surface area contributed by atoms with Crippen molar-refractivity contribution in [3.8, 4) is 5.75 Å². The van der Waals surface area contributed by atoms with Crippen LogP contribution in [0, 0.1) is 0 Å². The van der Waals surface area contributed by atoms with Gasteiger partial charge in [0.2, 0.25) is 5.91 Å². The van der Waals surface area contributed by atoms with Crippen LogP contribution in [0.3, 0.4) is 0 Å². The number of aryl methyl sites for hydroxylation is 1. The second-order valence-electron chi connectivity index (χ2n) is 9.74. The number of nitrogens with zero attached hydrogens (tertiary/aromatic N) is 4. The number of aromatic nitrogens is 2. The van der Waals surface area contributed by atoms with Crippen LogP contribution < -0.4 is 10.3 Å². The maximum atomic E-state index is 13.7. The molecule has 37 heavy (non-hydrogen) atoms. The van der Waals surface area contributed by atoms with Crippen LogP contribution >= 0.6 is 0 Å². The molecule has 0 bridgehead atoms. The molecule has 5 rings (SSSR count). The molecule has 3 heterocycles. The van der Waals surface area contributed by atoms with Gasteiger partial charge in [-0.15, -0.1) is 0 Å². The standard InChI is InChI=1S/C28H32N4O5/c1-30-14-16-36-24-12-5-3-8-21(24)9-6-7-13-28(27(30)35)20-31(15-17-37-28)25(33)19-32-26(34)23-11-4-2-10-22(23)18-29-32/h2-5,8,10-12,18H,6-7,9,13-17,19-20H2,1H3. The Bertz CT molecular complexity index is 1360. The molecule has 1 spiro atoms. The number of hydrogen-bond donors (Lipinski definition) is 0. The molecular formula is C28H32N4O5. The molecule has 0 N–H and O–H groups in total. The first kappa shape index (κ1) is 25.0. The molecule has 194 valence electrons. The van der Waals surface area contributed by atoms with Gasteiger partial charge in [0, 0.05) is 19.0 Å². The Morgan fingerprint density at radius 3 is 2.73 bits per heavy atom. The number of rotatable bonds is 2. The topological polar surface area (TPSA) is 94.0 Å². The Kier molecular flexibility index (Phi) is 7.23. The fourth-order valence-corrected chi connectivity index (χ4v) is 5.17. The number of hydrogen-bond acceptors (Lipinski definition) is 6. The molecular weight excluding hydrogens is 472 g/mol. The fraction of sp³-hybridized carbons (Fsp3) is 0.429. The minimum absolute atomic E-state index is 0.148. The Hall–Kier alpha value is -3.72. The van der Waals surface area contributed by atoms with Gasteiger partial charge >= 0.3 is 0 Å². The SMILES string of the molecule is CN1CCOc2ccccc2CCCCC2(CN(C(=O)Cn3ncc4ccccc4c3=O)CCO2)C1=O. The zero-order valence-corrected chi connectivity index (χ0v) is 21.1. The van der Waals surface area contributed by atoms with E-state index in [-0.39, 0.29) is 37.1 Å². The summed E-state index contributed by atoms with van der Waals surface area (Å²) >= 11 is 0. The quantitative estimate of drug-likeness (QED) is 0.532. The largest absolute Gasteiger partial charge is 0.491 e. The highest BCUT2D eigenvalue weighted by molar-refractivity contribution is 5.87. The summed E-state index contributed by atoms with van der Waals surface area (Å²) in [5, 5.41) is 5.45. The lowest BCUT2D eigenvalue weighted by Gasteiger charge is -2.43. The van der Waals surface area contributed by atoms with Gasteiger partial charge in [-0.05, 0) is 43.4 Å². The van der Waals surface area contributed by atoms with E-state index in [4.69, 9.17) is 9.47 Å². The molecule has 9 heteroatoms. The van der Waals surface area contributed by atoms with Crippen LogP contribution in [-0.2, 0) is 27.3 Å². The summed E-state index contributed by atoms with van der Waals surface area (Å²) < 4.78 is 13.3. The molecule has 9 nitrogen and oxygen atoms in total. The lowest BCUT2D eigenvalue weighted by molar-refractivity contribution is -0.175. The van der Waals surface area contributed by atoms with Gasteiger partial charge in [-0.2, -0.15) is 5.10 Å². The lowest BCUT2D eigenvalue weighted by atomic mass is 9.91. The first-order valence-corrected chi connectivity index (χ1v) is 12.8. The average Bonchev–Trinajstić information content (AvgIpc) is 2.92. The zero-order chi connectivity index (χ0) is 25.8. The van der Waals surface area contributed by atoms with Gasteiger partial charge in [-0.3, -0.25) is 14.4 Å². The normalized spacial score (nSPS) is 21.2. The highest BCUT2D eigenvalue weighted by atomic mass is 16.5. The highest BCUT2D eigenvalue weighted by Gasteiger charge is 2.46. The van der Waals surface area contributed by atoms with Crippen LogP contribution in [0.1, 0.15) is 24.8 Å². The number of ether oxygens (including phenoxy) is 2. The van der Waals surface area contributed by atoms with Gasteiger partial charge in [-0.25, -0.2) is 4.68 Å². The van der Waals surface area contributed by atoms with Crippen molar-refractivity contribution in [3.63, 3.8) is 0 Å². The van der Waals surface area contributed by atoms with E-state index in [1.54, 1.807) is 35.2 Å². The van der Waals surface area contributed by atoms with Crippen molar-refractivity contribution < 1.29 is 19.1 Å². The molecule has 3 aromatic rings. The number of morpholine rings is 1. The van der Waals surface area contributed by atoms with Crippen molar-refractivity contribution >= 4 is 22.6 Å². The van der Waals surface area contributed by atoms with E-state index in [0.717, 1.165) is 36.0 Å². The van der Waals surface area contributed by atoms with E-state index >= 15 is 0 Å². The maximum absolute atomic E-state index is 13.7. The van der Waals surface area contributed by atoms with Crippen LogP contribution in [0.15, 0.2) is 59.5 Å². The van der Waals surface area contributed by atoms with Gasteiger partial charge < -0.3 is 19.3 Å². The molecule has 0 aliphatic carbocycles. The summed E-state index contributed by atoms with van der Waals surface area (Å²) in [5.41, 5.74) is -0.277. The molecule has 2 aromatic carbocycles. The van der Waals surface area contributed by atoms with E-state index in [1.807, 2.05) is 30.3 Å². The molecule has 1 unspecified atom stereocenters. The Balaban J connectivity index is 1.33. The van der Waals surface area contributed by atoms with Gasteiger partial charge in [0.25, 0.3) is 11.5 Å². The van der Waals surface area contributed by atoms with E-state index in [2.05, 4.69) is 11.2 Å². The lowest BCUT2D eigenvalue weighted by Crippen LogP contribution is -2.61. The van der Waals surface area contributed by atoms with Crippen LogP contribution in [0.4, 0.5) is 0 Å².